The van der Waals surface area contributed by atoms with Gasteiger partial charge in [-0.3, -0.25) is 14.6 Å². The molecule has 3 saturated heterocycles. The maximum absolute atomic E-state index is 12.9. The Bertz CT molecular complexity index is 817. The number of epoxide rings is 1. The van der Waals surface area contributed by atoms with Crippen LogP contribution >= 0.6 is 0 Å². The Labute approximate surface area is 186 Å². The maximum atomic E-state index is 12.9. The van der Waals surface area contributed by atoms with Crippen molar-refractivity contribution in [2.45, 2.75) is 57.3 Å². The molecule has 1 aromatic carbocycles. The number of ether oxygens (including phenoxy) is 2. The molecule has 6 rings (SSSR count). The summed E-state index contributed by atoms with van der Waals surface area (Å²) in [5.41, 5.74) is 1.80. The van der Waals surface area contributed by atoms with Crippen LogP contribution in [0.5, 0.6) is 0 Å². The van der Waals surface area contributed by atoms with Gasteiger partial charge in [0.05, 0.1) is 18.1 Å². The fourth-order valence-corrected chi connectivity index (χ4v) is 7.42. The second kappa shape index (κ2) is 7.57. The average molecular weight is 425 g/mol. The van der Waals surface area contributed by atoms with Gasteiger partial charge in [-0.25, -0.2) is 0 Å². The molecular weight excluding hydrogens is 388 g/mol. The van der Waals surface area contributed by atoms with Gasteiger partial charge in [-0.05, 0) is 49.0 Å². The Morgan fingerprint density at radius 2 is 1.81 bits per heavy atom. The van der Waals surface area contributed by atoms with Gasteiger partial charge < -0.3 is 9.47 Å². The predicted molar refractivity (Wildman–Crippen MR) is 118 cm³/mol. The zero-order valence-electron chi connectivity index (χ0n) is 18.8. The number of carbonyl (C=O) groups is 1. The zero-order chi connectivity index (χ0) is 21.1. The SMILES string of the molecule is C[C@]12CCC[C@]3(CO3)[C@@H]1C[C@H]1[C@@H](C2)OC(=O)[C@@H]1CN1CCN(Cc2ccccc2)CC1. The molecule has 0 amide bonds. The zero-order valence-corrected chi connectivity index (χ0v) is 18.8. The van der Waals surface area contributed by atoms with E-state index in [4.69, 9.17) is 9.47 Å². The van der Waals surface area contributed by atoms with Crippen molar-refractivity contribution >= 4 is 5.97 Å². The summed E-state index contributed by atoms with van der Waals surface area (Å²) < 4.78 is 12.1. The predicted octanol–water partition coefficient (Wildman–Crippen LogP) is 3.33. The first-order chi connectivity index (χ1) is 15.0. The Kier molecular flexibility index (Phi) is 4.93. The van der Waals surface area contributed by atoms with E-state index in [1.54, 1.807) is 0 Å². The Balaban J connectivity index is 1.08. The van der Waals surface area contributed by atoms with Crippen LogP contribution in [0.25, 0.3) is 0 Å². The Hall–Kier alpha value is -1.43. The summed E-state index contributed by atoms with van der Waals surface area (Å²) in [5, 5.41) is 0. The van der Waals surface area contributed by atoms with Crippen molar-refractivity contribution in [3.63, 3.8) is 0 Å². The van der Waals surface area contributed by atoms with Gasteiger partial charge >= 0.3 is 5.97 Å². The van der Waals surface area contributed by atoms with Gasteiger partial charge in [0.15, 0.2) is 0 Å². The molecule has 1 aromatic rings. The number of hydrogen-bond acceptors (Lipinski definition) is 5. The summed E-state index contributed by atoms with van der Waals surface area (Å²) >= 11 is 0. The lowest BCUT2D eigenvalue weighted by molar-refractivity contribution is -0.147. The molecule has 3 heterocycles. The van der Waals surface area contributed by atoms with Gasteiger partial charge in [-0.15, -0.1) is 0 Å². The van der Waals surface area contributed by atoms with Crippen molar-refractivity contribution in [3.8, 4) is 0 Å². The Morgan fingerprint density at radius 1 is 1.06 bits per heavy atom. The van der Waals surface area contributed by atoms with E-state index in [1.807, 2.05) is 0 Å². The molecule has 2 aliphatic carbocycles. The topological polar surface area (TPSA) is 45.3 Å². The van der Waals surface area contributed by atoms with E-state index >= 15 is 0 Å². The van der Waals surface area contributed by atoms with Gasteiger partial charge in [0, 0.05) is 45.2 Å². The molecule has 2 saturated carbocycles. The summed E-state index contributed by atoms with van der Waals surface area (Å²) in [6, 6.07) is 10.7. The quantitative estimate of drug-likeness (QED) is 0.548. The highest BCUT2D eigenvalue weighted by Crippen LogP contribution is 2.62. The summed E-state index contributed by atoms with van der Waals surface area (Å²) in [5.74, 6) is 1.10. The van der Waals surface area contributed by atoms with Crippen LogP contribution in [0.4, 0.5) is 0 Å². The van der Waals surface area contributed by atoms with Crippen LogP contribution in [-0.4, -0.2) is 66.8 Å². The molecule has 5 aliphatic rings. The number of rotatable bonds is 4. The van der Waals surface area contributed by atoms with Crippen molar-refractivity contribution < 1.29 is 14.3 Å². The van der Waals surface area contributed by atoms with E-state index < -0.39 is 0 Å². The number of carbonyl (C=O) groups excluding carboxylic acids is 1. The van der Waals surface area contributed by atoms with E-state index in [1.165, 1.54) is 24.8 Å². The molecule has 0 bridgehead atoms. The summed E-state index contributed by atoms with van der Waals surface area (Å²) in [4.78, 5) is 18.0. The third kappa shape index (κ3) is 3.63. The number of benzene rings is 1. The van der Waals surface area contributed by atoms with Crippen molar-refractivity contribution in [3.05, 3.63) is 35.9 Å². The van der Waals surface area contributed by atoms with E-state index in [0.717, 1.165) is 58.7 Å². The van der Waals surface area contributed by atoms with E-state index in [-0.39, 0.29) is 29.0 Å². The first kappa shape index (κ1) is 20.2. The lowest BCUT2D eigenvalue weighted by Gasteiger charge is -2.51. The summed E-state index contributed by atoms with van der Waals surface area (Å²) in [6.07, 6.45) is 6.03. The molecule has 3 aliphatic heterocycles. The lowest BCUT2D eigenvalue weighted by Crippen LogP contribution is -2.52. The minimum atomic E-state index is 0.0490. The summed E-state index contributed by atoms with van der Waals surface area (Å²) in [7, 11) is 0. The van der Waals surface area contributed by atoms with Crippen LogP contribution in [0, 0.1) is 23.2 Å². The molecule has 0 unspecified atom stereocenters. The minimum Gasteiger partial charge on any atom is -0.462 e. The summed E-state index contributed by atoms with van der Waals surface area (Å²) in [6.45, 7) is 9.50. The van der Waals surface area contributed by atoms with Crippen molar-refractivity contribution in [1.82, 2.24) is 9.80 Å². The van der Waals surface area contributed by atoms with Crippen LogP contribution in [0.3, 0.4) is 0 Å². The molecule has 5 nitrogen and oxygen atoms in total. The molecule has 6 atom stereocenters. The first-order valence-corrected chi connectivity index (χ1v) is 12.4. The average Bonchev–Trinajstić information content (AvgIpc) is 3.47. The number of hydrogen-bond donors (Lipinski definition) is 0. The molecule has 0 radical (unpaired) electrons. The Morgan fingerprint density at radius 3 is 2.55 bits per heavy atom. The molecule has 5 heteroatoms. The van der Waals surface area contributed by atoms with Crippen LogP contribution < -0.4 is 0 Å². The van der Waals surface area contributed by atoms with E-state index in [9.17, 15) is 4.79 Å². The monoisotopic (exact) mass is 424 g/mol. The highest BCUT2D eigenvalue weighted by molar-refractivity contribution is 5.75. The number of nitrogens with zero attached hydrogens (tertiary/aromatic N) is 2. The highest BCUT2D eigenvalue weighted by Gasteiger charge is 2.65. The number of esters is 1. The van der Waals surface area contributed by atoms with Gasteiger partial charge in [0.25, 0.3) is 0 Å². The van der Waals surface area contributed by atoms with Gasteiger partial charge in [-0.1, -0.05) is 37.3 Å². The van der Waals surface area contributed by atoms with E-state index in [2.05, 4.69) is 47.1 Å². The molecular formula is C26H36N2O3. The second-order valence-electron chi connectivity index (χ2n) is 11.2. The van der Waals surface area contributed by atoms with Crippen molar-refractivity contribution in [2.24, 2.45) is 23.2 Å². The smallest absolute Gasteiger partial charge is 0.310 e. The van der Waals surface area contributed by atoms with Gasteiger partial charge in [0.2, 0.25) is 0 Å². The largest absolute Gasteiger partial charge is 0.462 e. The minimum absolute atomic E-state index is 0.0490. The van der Waals surface area contributed by atoms with Crippen LogP contribution in [-0.2, 0) is 20.8 Å². The van der Waals surface area contributed by atoms with Crippen LogP contribution in [0.15, 0.2) is 30.3 Å². The third-order valence-corrected chi connectivity index (χ3v) is 9.25. The molecule has 1 spiro atoms. The fourth-order valence-electron chi connectivity index (χ4n) is 7.42. The van der Waals surface area contributed by atoms with Gasteiger partial charge in [0.1, 0.15) is 6.10 Å². The molecule has 0 aromatic heterocycles. The van der Waals surface area contributed by atoms with Crippen LogP contribution in [0.2, 0.25) is 0 Å². The normalized spacial score (nSPS) is 42.8. The third-order valence-electron chi connectivity index (χ3n) is 9.25. The molecule has 0 N–H and O–H groups in total. The number of piperazine rings is 1. The van der Waals surface area contributed by atoms with Gasteiger partial charge in [-0.2, -0.15) is 0 Å². The first-order valence-electron chi connectivity index (χ1n) is 12.4. The highest BCUT2D eigenvalue weighted by atomic mass is 16.6. The maximum Gasteiger partial charge on any atom is 0.310 e. The van der Waals surface area contributed by atoms with Crippen molar-refractivity contribution in [2.75, 3.05) is 39.3 Å². The molecule has 31 heavy (non-hydrogen) atoms. The van der Waals surface area contributed by atoms with Crippen molar-refractivity contribution in [1.29, 1.82) is 0 Å². The lowest BCUT2D eigenvalue weighted by atomic mass is 9.53. The van der Waals surface area contributed by atoms with E-state index in [0.29, 0.717) is 11.8 Å². The fraction of sp³-hybridized carbons (Fsp3) is 0.731. The standard InChI is InChI=1S/C26H36N2O3/c1-25-8-5-9-26(18-30-26)23(25)14-20-21(24(29)31-22(20)15-25)17-28-12-10-27(11-13-28)16-19-6-3-2-4-7-19/h2-4,6-7,20-23H,5,8-18H2,1H3/t20-,21-,22-,23-,25-,26+/m1/s1. The molecule has 168 valence electrons. The second-order valence-corrected chi connectivity index (χ2v) is 11.2. The number of fused-ring (bicyclic) bond motifs is 3. The van der Waals surface area contributed by atoms with Crippen LogP contribution in [0.1, 0.15) is 44.6 Å². The molecule has 5 fully saturated rings.